The number of nitrogens with two attached hydrogens (primary N) is 1. The van der Waals surface area contributed by atoms with Gasteiger partial charge in [-0.2, -0.15) is 0 Å². The third kappa shape index (κ3) is 4.81. The molecule has 0 spiro atoms. The Morgan fingerprint density at radius 2 is 1.69 bits per heavy atom. The van der Waals surface area contributed by atoms with Crippen molar-refractivity contribution in [3.63, 3.8) is 0 Å². The summed E-state index contributed by atoms with van der Waals surface area (Å²) >= 11 is 4.85. The number of carbonyl (C=O) groups is 2. The summed E-state index contributed by atoms with van der Waals surface area (Å²) in [4.78, 5) is 24.5. The van der Waals surface area contributed by atoms with Gasteiger partial charge in [0.05, 0.1) is 4.99 Å². The Labute approximate surface area is 174 Å². The molecule has 3 rings (SSSR count). The number of ether oxygens (including phenoxy) is 2. The van der Waals surface area contributed by atoms with Crippen LogP contribution in [0.15, 0.2) is 61.2 Å². The van der Waals surface area contributed by atoms with E-state index in [1.807, 2.05) is 36.4 Å². The second-order valence-electron chi connectivity index (χ2n) is 6.61. The first-order valence-electron chi connectivity index (χ1n) is 9.18. The lowest BCUT2D eigenvalue weighted by molar-refractivity contribution is -0.144. The van der Waals surface area contributed by atoms with E-state index in [2.05, 4.69) is 24.0 Å². The van der Waals surface area contributed by atoms with E-state index in [4.69, 9.17) is 27.4 Å². The summed E-state index contributed by atoms with van der Waals surface area (Å²) < 4.78 is 10.4. The highest BCUT2D eigenvalue weighted by atomic mass is 32.1. The van der Waals surface area contributed by atoms with Crippen LogP contribution in [-0.2, 0) is 14.3 Å². The average Bonchev–Trinajstić information content (AvgIpc) is 3.03. The molecule has 6 nitrogen and oxygen atoms in total. The number of carbonyl (C=O) groups excluding carboxylic acids is 2. The van der Waals surface area contributed by atoms with Gasteiger partial charge in [-0.25, -0.2) is 9.59 Å². The Kier molecular flexibility index (Phi) is 6.61. The molecule has 150 valence electrons. The molecule has 0 heterocycles. The van der Waals surface area contributed by atoms with Crippen LogP contribution in [0.5, 0.6) is 0 Å². The summed E-state index contributed by atoms with van der Waals surface area (Å²) in [7, 11) is 0. The van der Waals surface area contributed by atoms with Gasteiger partial charge in [-0.1, -0.05) is 73.4 Å². The lowest BCUT2D eigenvalue weighted by Gasteiger charge is -2.18. The topological polar surface area (TPSA) is 90.6 Å². The highest BCUT2D eigenvalue weighted by molar-refractivity contribution is 7.80. The number of nitrogens with one attached hydrogen (secondary N) is 1. The quantitative estimate of drug-likeness (QED) is 0.394. The zero-order chi connectivity index (χ0) is 20.8. The molecule has 7 heteroatoms. The molecular weight excluding hydrogens is 388 g/mol. The van der Waals surface area contributed by atoms with Gasteiger partial charge in [0, 0.05) is 12.3 Å². The molecule has 1 aliphatic rings. The van der Waals surface area contributed by atoms with Crippen molar-refractivity contribution in [2.45, 2.75) is 18.4 Å². The Morgan fingerprint density at radius 3 is 2.24 bits per heavy atom. The van der Waals surface area contributed by atoms with Gasteiger partial charge >= 0.3 is 12.1 Å². The number of esters is 1. The largest absolute Gasteiger partial charge is 0.460 e. The van der Waals surface area contributed by atoms with Crippen molar-refractivity contribution in [1.29, 1.82) is 0 Å². The second-order valence-corrected chi connectivity index (χ2v) is 7.14. The van der Waals surface area contributed by atoms with Crippen molar-refractivity contribution in [1.82, 2.24) is 5.32 Å². The Balaban J connectivity index is 1.67. The average molecular weight is 410 g/mol. The van der Waals surface area contributed by atoms with Gasteiger partial charge in [-0.15, -0.1) is 0 Å². The van der Waals surface area contributed by atoms with Crippen molar-refractivity contribution in [3.05, 3.63) is 72.3 Å². The van der Waals surface area contributed by atoms with Crippen LogP contribution in [0.3, 0.4) is 0 Å². The molecule has 0 fully saturated rings. The van der Waals surface area contributed by atoms with Crippen LogP contribution in [0.25, 0.3) is 11.1 Å². The maximum absolute atomic E-state index is 12.3. The molecule has 2 aromatic rings. The zero-order valence-electron chi connectivity index (χ0n) is 15.8. The van der Waals surface area contributed by atoms with E-state index in [0.717, 1.165) is 22.3 Å². The smallest absolute Gasteiger partial charge is 0.407 e. The molecule has 0 saturated heterocycles. The number of benzene rings is 2. The van der Waals surface area contributed by atoms with Crippen LogP contribution in [0, 0.1) is 0 Å². The SMILES string of the molecule is C=CCOC(=O)[C@H](CC(N)=S)NC(=O)OCC1c2ccccc2-c2ccccc21. The number of amides is 1. The van der Waals surface area contributed by atoms with Gasteiger partial charge in [0.25, 0.3) is 0 Å². The van der Waals surface area contributed by atoms with E-state index in [1.165, 1.54) is 6.08 Å². The van der Waals surface area contributed by atoms with Crippen molar-refractivity contribution in [3.8, 4) is 11.1 Å². The first kappa shape index (κ1) is 20.5. The lowest BCUT2D eigenvalue weighted by atomic mass is 9.98. The Hall–Kier alpha value is -3.19. The van der Waals surface area contributed by atoms with Crippen LogP contribution < -0.4 is 11.1 Å². The van der Waals surface area contributed by atoms with Crippen molar-refractivity contribution >= 4 is 29.3 Å². The number of hydrogen-bond acceptors (Lipinski definition) is 5. The van der Waals surface area contributed by atoms with Gasteiger partial charge in [0.1, 0.15) is 19.3 Å². The van der Waals surface area contributed by atoms with E-state index in [0.29, 0.717) is 0 Å². The number of rotatable bonds is 8. The number of alkyl carbamates (subject to hydrolysis) is 1. The fraction of sp³-hybridized carbons (Fsp3) is 0.227. The summed E-state index contributed by atoms with van der Waals surface area (Å²) in [5, 5.41) is 2.49. The molecular formula is C22H22N2O4S. The van der Waals surface area contributed by atoms with Crippen LogP contribution in [-0.4, -0.2) is 36.3 Å². The van der Waals surface area contributed by atoms with Crippen molar-refractivity contribution in [2.24, 2.45) is 5.73 Å². The molecule has 29 heavy (non-hydrogen) atoms. The van der Waals surface area contributed by atoms with Crippen LogP contribution in [0.2, 0.25) is 0 Å². The highest BCUT2D eigenvalue weighted by Crippen LogP contribution is 2.44. The maximum Gasteiger partial charge on any atom is 0.407 e. The molecule has 1 atom stereocenters. The zero-order valence-corrected chi connectivity index (χ0v) is 16.6. The minimum absolute atomic E-state index is 0.0183. The molecule has 0 bridgehead atoms. The number of hydrogen-bond donors (Lipinski definition) is 2. The molecule has 1 amide bonds. The van der Waals surface area contributed by atoms with Gasteiger partial charge < -0.3 is 20.5 Å². The van der Waals surface area contributed by atoms with E-state index in [1.54, 1.807) is 0 Å². The van der Waals surface area contributed by atoms with E-state index in [9.17, 15) is 9.59 Å². The number of fused-ring (bicyclic) bond motifs is 3. The van der Waals surface area contributed by atoms with Gasteiger partial charge in [0.2, 0.25) is 0 Å². The minimum atomic E-state index is -1.01. The monoisotopic (exact) mass is 410 g/mol. The second kappa shape index (κ2) is 9.34. The Bertz CT molecular complexity index is 898. The predicted molar refractivity (Wildman–Crippen MR) is 115 cm³/mol. The fourth-order valence-electron chi connectivity index (χ4n) is 3.42. The van der Waals surface area contributed by atoms with Crippen LogP contribution >= 0.6 is 12.2 Å². The van der Waals surface area contributed by atoms with Gasteiger partial charge in [0.15, 0.2) is 0 Å². The maximum atomic E-state index is 12.3. The van der Waals surface area contributed by atoms with Crippen molar-refractivity contribution in [2.75, 3.05) is 13.2 Å². The fourth-order valence-corrected chi connectivity index (χ4v) is 3.59. The molecule has 3 N–H and O–H groups in total. The van der Waals surface area contributed by atoms with E-state index in [-0.39, 0.29) is 30.5 Å². The van der Waals surface area contributed by atoms with Crippen LogP contribution in [0.1, 0.15) is 23.5 Å². The molecule has 0 unspecified atom stereocenters. The summed E-state index contributed by atoms with van der Waals surface area (Å²) in [6.45, 7) is 3.65. The minimum Gasteiger partial charge on any atom is -0.460 e. The van der Waals surface area contributed by atoms with Gasteiger partial charge in [-0.3, -0.25) is 0 Å². The molecule has 0 aromatic heterocycles. The summed E-state index contributed by atoms with van der Waals surface area (Å²) in [6, 6.07) is 15.1. The van der Waals surface area contributed by atoms with Crippen LogP contribution in [0.4, 0.5) is 4.79 Å². The predicted octanol–water partition coefficient (Wildman–Crippen LogP) is 3.30. The summed E-state index contributed by atoms with van der Waals surface area (Å²) in [5.41, 5.74) is 10.0. The normalized spacial score (nSPS) is 13.0. The first-order chi connectivity index (χ1) is 14.0. The standard InChI is InChI=1S/C22H22N2O4S/c1-2-11-27-21(25)19(12-20(23)29)24-22(26)28-13-18-16-9-5-3-7-14(16)15-8-4-6-10-17(15)18/h2-10,18-19H,1,11-13H2,(H2,23,29)(H,24,26)/t19-/m0/s1. The summed E-state index contributed by atoms with van der Waals surface area (Å²) in [6.07, 6.45) is 0.682. The van der Waals surface area contributed by atoms with E-state index >= 15 is 0 Å². The highest BCUT2D eigenvalue weighted by Gasteiger charge is 2.30. The molecule has 0 radical (unpaired) electrons. The van der Waals surface area contributed by atoms with E-state index < -0.39 is 18.1 Å². The Morgan fingerprint density at radius 1 is 1.10 bits per heavy atom. The molecule has 2 aromatic carbocycles. The van der Waals surface area contributed by atoms with Gasteiger partial charge in [-0.05, 0) is 22.3 Å². The first-order valence-corrected chi connectivity index (χ1v) is 9.59. The number of thiocarbonyl (C=S) groups is 1. The third-order valence-electron chi connectivity index (χ3n) is 4.67. The summed E-state index contributed by atoms with van der Waals surface area (Å²) in [5.74, 6) is -0.721. The molecule has 0 aliphatic heterocycles. The molecule has 0 saturated carbocycles. The third-order valence-corrected chi connectivity index (χ3v) is 4.84. The lowest BCUT2D eigenvalue weighted by Crippen LogP contribution is -2.44. The van der Waals surface area contributed by atoms with Crippen molar-refractivity contribution < 1.29 is 19.1 Å². The molecule has 1 aliphatic carbocycles.